The van der Waals surface area contributed by atoms with Crippen LogP contribution >= 0.6 is 0 Å². The first-order chi connectivity index (χ1) is 9.47. The van der Waals surface area contributed by atoms with Crippen molar-refractivity contribution in [2.45, 2.75) is 0 Å². The van der Waals surface area contributed by atoms with E-state index in [1.165, 1.54) is 36.4 Å². The highest BCUT2D eigenvalue weighted by atomic mass is 19.1. The molecule has 2 rings (SSSR count). The third-order valence-corrected chi connectivity index (χ3v) is 2.64. The molecule has 0 aromatic heterocycles. The van der Waals surface area contributed by atoms with E-state index in [1.807, 2.05) is 0 Å². The van der Waals surface area contributed by atoms with Crippen LogP contribution in [0.3, 0.4) is 0 Å². The molecule has 0 amide bonds. The number of phenols is 3. The largest absolute Gasteiger partial charge is 0.508 e. The number of aromatic hydroxyl groups is 3. The fourth-order valence-corrected chi connectivity index (χ4v) is 1.61. The minimum atomic E-state index is -0.812. The molecule has 2 aromatic carbocycles. The highest BCUT2D eigenvalue weighted by Gasteiger charge is 2.09. The van der Waals surface area contributed by atoms with Crippen LogP contribution in [0.4, 0.5) is 4.39 Å². The van der Waals surface area contributed by atoms with Gasteiger partial charge in [0.2, 0.25) is 0 Å². The van der Waals surface area contributed by atoms with Gasteiger partial charge in [0.15, 0.2) is 17.3 Å². The lowest BCUT2D eigenvalue weighted by Crippen LogP contribution is -1.98. The lowest BCUT2D eigenvalue weighted by molar-refractivity contribution is 0.104. The van der Waals surface area contributed by atoms with E-state index in [2.05, 4.69) is 0 Å². The summed E-state index contributed by atoms with van der Waals surface area (Å²) in [7, 11) is 0. The Hall–Kier alpha value is -2.82. The van der Waals surface area contributed by atoms with Crippen LogP contribution in [0, 0.1) is 5.82 Å². The van der Waals surface area contributed by atoms with Gasteiger partial charge >= 0.3 is 0 Å². The molecule has 0 fully saturated rings. The normalized spacial score (nSPS) is 10.8. The number of phenolic OH excluding ortho intramolecular Hbond substituents is 3. The molecule has 0 heterocycles. The van der Waals surface area contributed by atoms with Gasteiger partial charge in [-0.15, -0.1) is 0 Å². The Morgan fingerprint density at radius 1 is 1.00 bits per heavy atom. The van der Waals surface area contributed by atoms with E-state index in [0.717, 1.165) is 12.1 Å². The summed E-state index contributed by atoms with van der Waals surface area (Å²) < 4.78 is 13.5. The lowest BCUT2D eigenvalue weighted by Gasteiger charge is -2.00. The van der Waals surface area contributed by atoms with Crippen molar-refractivity contribution >= 4 is 11.9 Å². The Morgan fingerprint density at radius 3 is 2.40 bits per heavy atom. The molecule has 0 saturated heterocycles. The van der Waals surface area contributed by atoms with Gasteiger partial charge in [-0.25, -0.2) is 4.39 Å². The Bertz CT molecular complexity index is 692. The van der Waals surface area contributed by atoms with Crippen molar-refractivity contribution in [3.63, 3.8) is 0 Å². The summed E-state index contributed by atoms with van der Waals surface area (Å²) in [5.41, 5.74) is 0.315. The van der Waals surface area contributed by atoms with Crippen molar-refractivity contribution in [1.82, 2.24) is 0 Å². The molecule has 0 spiro atoms. The van der Waals surface area contributed by atoms with Crippen molar-refractivity contribution in [3.05, 3.63) is 59.4 Å². The van der Waals surface area contributed by atoms with Gasteiger partial charge in [-0.3, -0.25) is 4.79 Å². The summed E-state index contributed by atoms with van der Waals surface area (Å²) in [6, 6.07) is 7.30. The van der Waals surface area contributed by atoms with Crippen LogP contribution in [0.1, 0.15) is 15.9 Å². The number of carbonyl (C=O) groups excluding carboxylic acids is 1. The Balaban J connectivity index is 2.22. The first-order valence-electron chi connectivity index (χ1n) is 5.70. The minimum Gasteiger partial charge on any atom is -0.508 e. The third-order valence-electron chi connectivity index (χ3n) is 2.64. The SMILES string of the molecule is O=C(C=Cc1ccc(O)c(O)c1)c1ccc(O)cc1F. The number of benzene rings is 2. The van der Waals surface area contributed by atoms with Crippen LogP contribution in [-0.4, -0.2) is 21.1 Å². The second-order valence-electron chi connectivity index (χ2n) is 4.11. The quantitative estimate of drug-likeness (QED) is 0.457. The Labute approximate surface area is 114 Å². The zero-order chi connectivity index (χ0) is 14.7. The number of rotatable bonds is 3. The van der Waals surface area contributed by atoms with Crippen molar-refractivity contribution in [1.29, 1.82) is 0 Å². The van der Waals surface area contributed by atoms with Gasteiger partial charge in [0, 0.05) is 6.07 Å². The van der Waals surface area contributed by atoms with Crippen LogP contribution < -0.4 is 0 Å². The van der Waals surface area contributed by atoms with Gasteiger partial charge in [0.05, 0.1) is 5.56 Å². The molecule has 4 nitrogen and oxygen atoms in total. The number of hydrogen-bond donors (Lipinski definition) is 3. The second-order valence-corrected chi connectivity index (χ2v) is 4.11. The van der Waals surface area contributed by atoms with Gasteiger partial charge in [0.1, 0.15) is 11.6 Å². The third kappa shape index (κ3) is 2.95. The molecule has 102 valence electrons. The van der Waals surface area contributed by atoms with Crippen molar-refractivity contribution < 1.29 is 24.5 Å². The van der Waals surface area contributed by atoms with Gasteiger partial charge in [-0.05, 0) is 35.9 Å². The molecular weight excluding hydrogens is 263 g/mol. The van der Waals surface area contributed by atoms with E-state index < -0.39 is 11.6 Å². The van der Waals surface area contributed by atoms with Crippen molar-refractivity contribution in [2.75, 3.05) is 0 Å². The topological polar surface area (TPSA) is 77.8 Å². The highest BCUT2D eigenvalue weighted by Crippen LogP contribution is 2.25. The summed E-state index contributed by atoms with van der Waals surface area (Å²) in [5.74, 6) is -2.22. The van der Waals surface area contributed by atoms with Gasteiger partial charge < -0.3 is 15.3 Å². The fourth-order valence-electron chi connectivity index (χ4n) is 1.61. The van der Waals surface area contributed by atoms with Crippen LogP contribution in [-0.2, 0) is 0 Å². The van der Waals surface area contributed by atoms with Crippen LogP contribution in [0.15, 0.2) is 42.5 Å². The maximum Gasteiger partial charge on any atom is 0.188 e. The molecule has 0 saturated carbocycles. The number of carbonyl (C=O) groups is 1. The van der Waals surface area contributed by atoms with E-state index in [0.29, 0.717) is 5.56 Å². The summed E-state index contributed by atoms with van der Waals surface area (Å²) in [5, 5.41) is 27.5. The highest BCUT2D eigenvalue weighted by molar-refractivity contribution is 6.07. The maximum absolute atomic E-state index is 13.5. The molecule has 0 bridgehead atoms. The van der Waals surface area contributed by atoms with E-state index >= 15 is 0 Å². The first-order valence-corrected chi connectivity index (χ1v) is 5.70. The maximum atomic E-state index is 13.5. The molecular formula is C15H11FO4. The Kier molecular flexibility index (Phi) is 3.70. The van der Waals surface area contributed by atoms with Gasteiger partial charge in [-0.2, -0.15) is 0 Å². The summed E-state index contributed by atoms with van der Waals surface area (Å²) >= 11 is 0. The van der Waals surface area contributed by atoms with Crippen molar-refractivity contribution in [3.8, 4) is 17.2 Å². The molecule has 20 heavy (non-hydrogen) atoms. The number of allylic oxidation sites excluding steroid dienone is 1. The number of hydrogen-bond acceptors (Lipinski definition) is 4. The van der Waals surface area contributed by atoms with Crippen LogP contribution in [0.2, 0.25) is 0 Å². The fraction of sp³-hybridized carbons (Fsp3) is 0. The standard InChI is InChI=1S/C15H11FO4/c16-12-8-10(17)3-4-11(12)13(18)5-1-9-2-6-14(19)15(20)7-9/h1-8,17,19-20H. The predicted molar refractivity (Wildman–Crippen MR) is 71.2 cm³/mol. The zero-order valence-corrected chi connectivity index (χ0v) is 10.2. The Morgan fingerprint density at radius 2 is 1.75 bits per heavy atom. The molecule has 0 aliphatic rings. The van der Waals surface area contributed by atoms with Gasteiger partial charge in [-0.1, -0.05) is 12.1 Å². The summed E-state index contributed by atoms with van der Waals surface area (Å²) in [6.07, 6.45) is 2.52. The first kappa shape index (κ1) is 13.6. The molecule has 0 aliphatic heterocycles. The van der Waals surface area contributed by atoms with Gasteiger partial charge in [0.25, 0.3) is 0 Å². The molecule has 0 radical (unpaired) electrons. The number of halogens is 1. The molecule has 5 heteroatoms. The molecule has 0 aliphatic carbocycles. The molecule has 3 N–H and O–H groups in total. The second kappa shape index (κ2) is 5.44. The summed E-state index contributed by atoms with van der Waals surface area (Å²) in [6.45, 7) is 0. The summed E-state index contributed by atoms with van der Waals surface area (Å²) in [4.78, 5) is 11.8. The average Bonchev–Trinajstić information content (AvgIpc) is 2.40. The zero-order valence-electron chi connectivity index (χ0n) is 10.2. The van der Waals surface area contributed by atoms with Crippen LogP contribution in [0.25, 0.3) is 6.08 Å². The molecule has 2 aromatic rings. The minimum absolute atomic E-state index is 0.165. The van der Waals surface area contributed by atoms with E-state index in [-0.39, 0.29) is 22.8 Å². The van der Waals surface area contributed by atoms with E-state index in [9.17, 15) is 14.3 Å². The van der Waals surface area contributed by atoms with E-state index in [4.69, 9.17) is 10.2 Å². The van der Waals surface area contributed by atoms with E-state index in [1.54, 1.807) is 0 Å². The molecule has 0 atom stereocenters. The monoisotopic (exact) mass is 274 g/mol. The lowest BCUT2D eigenvalue weighted by atomic mass is 10.1. The smallest absolute Gasteiger partial charge is 0.188 e. The van der Waals surface area contributed by atoms with Crippen LogP contribution in [0.5, 0.6) is 17.2 Å². The molecule has 0 unspecified atom stereocenters. The number of ketones is 1. The average molecular weight is 274 g/mol. The predicted octanol–water partition coefficient (Wildman–Crippen LogP) is 2.84. The van der Waals surface area contributed by atoms with Crippen molar-refractivity contribution in [2.24, 2.45) is 0 Å².